The van der Waals surface area contributed by atoms with Crippen LogP contribution in [-0.2, 0) is 0 Å². The Morgan fingerprint density at radius 2 is 1.84 bits per heavy atom. The van der Waals surface area contributed by atoms with Crippen LogP contribution in [0.15, 0.2) is 24.3 Å². The molecule has 0 unspecified atom stereocenters. The summed E-state index contributed by atoms with van der Waals surface area (Å²) in [5.41, 5.74) is 0.526. The monoisotopic (exact) mass is 263 g/mol. The van der Waals surface area contributed by atoms with Crippen molar-refractivity contribution in [1.29, 1.82) is 0 Å². The smallest absolute Gasteiger partial charge is 0.335 e. The Morgan fingerprint density at radius 1 is 1.21 bits per heavy atom. The number of rotatable bonds is 3. The van der Waals surface area contributed by atoms with E-state index in [1.165, 1.54) is 12.1 Å². The third kappa shape index (κ3) is 3.12. The second-order valence-corrected chi connectivity index (χ2v) is 4.80. The van der Waals surface area contributed by atoms with Crippen molar-refractivity contribution >= 4 is 11.9 Å². The Labute approximate surface area is 111 Å². The Hall–Kier alpha value is -1.88. The van der Waals surface area contributed by atoms with Gasteiger partial charge in [0, 0.05) is 25.3 Å². The molecule has 1 aromatic carbocycles. The van der Waals surface area contributed by atoms with Gasteiger partial charge >= 0.3 is 5.97 Å². The van der Waals surface area contributed by atoms with Gasteiger partial charge in [-0.15, -0.1) is 0 Å². The summed E-state index contributed by atoms with van der Waals surface area (Å²) in [7, 11) is 0. The fourth-order valence-electron chi connectivity index (χ4n) is 2.29. The molecule has 1 saturated heterocycles. The molecule has 1 heterocycles. The van der Waals surface area contributed by atoms with E-state index in [2.05, 4.69) is 0 Å². The van der Waals surface area contributed by atoms with Gasteiger partial charge in [-0.05, 0) is 37.0 Å². The van der Waals surface area contributed by atoms with E-state index < -0.39 is 5.97 Å². The molecule has 0 saturated carbocycles. The molecule has 0 radical (unpaired) electrons. The van der Waals surface area contributed by atoms with E-state index in [1.807, 2.05) is 0 Å². The number of nitrogens with zero attached hydrogens (tertiary/aromatic N) is 1. The van der Waals surface area contributed by atoms with Gasteiger partial charge < -0.3 is 15.1 Å². The minimum atomic E-state index is -1.03. The Kier molecular flexibility index (Phi) is 4.16. The zero-order chi connectivity index (χ0) is 13.8. The summed E-state index contributed by atoms with van der Waals surface area (Å²) in [5, 5.41) is 18.0. The van der Waals surface area contributed by atoms with Crippen molar-refractivity contribution in [2.45, 2.75) is 12.8 Å². The number of likely N-dealkylation sites (tertiary alicyclic amines) is 1. The predicted molar refractivity (Wildman–Crippen MR) is 69.1 cm³/mol. The van der Waals surface area contributed by atoms with Crippen molar-refractivity contribution in [1.82, 2.24) is 4.90 Å². The first-order valence-electron chi connectivity index (χ1n) is 6.35. The molecule has 0 bridgehead atoms. The Balaban J connectivity index is 2.08. The summed E-state index contributed by atoms with van der Waals surface area (Å²) < 4.78 is 0. The summed E-state index contributed by atoms with van der Waals surface area (Å²) in [6.07, 6.45) is 1.59. The van der Waals surface area contributed by atoms with Crippen molar-refractivity contribution in [2.75, 3.05) is 19.7 Å². The molecule has 1 aromatic rings. The molecule has 1 amide bonds. The molecule has 0 aliphatic carbocycles. The molecule has 0 spiro atoms. The van der Waals surface area contributed by atoms with Crippen LogP contribution in [0.2, 0.25) is 0 Å². The minimum Gasteiger partial charge on any atom is -0.478 e. The number of carbonyl (C=O) groups excluding carboxylic acids is 1. The van der Waals surface area contributed by atoms with Gasteiger partial charge in [0.25, 0.3) is 5.91 Å². The number of aliphatic hydroxyl groups is 1. The van der Waals surface area contributed by atoms with E-state index in [-0.39, 0.29) is 24.0 Å². The second-order valence-electron chi connectivity index (χ2n) is 4.80. The fraction of sp³-hybridized carbons (Fsp3) is 0.429. The molecule has 1 fully saturated rings. The van der Waals surface area contributed by atoms with Crippen LogP contribution in [0.3, 0.4) is 0 Å². The van der Waals surface area contributed by atoms with Crippen LogP contribution in [0.4, 0.5) is 0 Å². The van der Waals surface area contributed by atoms with Gasteiger partial charge in [0.05, 0.1) is 5.56 Å². The quantitative estimate of drug-likeness (QED) is 0.859. The van der Waals surface area contributed by atoms with Crippen LogP contribution in [-0.4, -0.2) is 46.7 Å². The summed E-state index contributed by atoms with van der Waals surface area (Å²) in [5.74, 6) is -0.900. The predicted octanol–water partition coefficient (Wildman–Crippen LogP) is 1.23. The molecule has 2 N–H and O–H groups in total. The fourth-order valence-corrected chi connectivity index (χ4v) is 2.29. The highest BCUT2D eigenvalue weighted by molar-refractivity contribution is 5.97. The number of aromatic carboxylic acids is 1. The number of carbonyl (C=O) groups is 2. The van der Waals surface area contributed by atoms with Crippen LogP contribution >= 0.6 is 0 Å². The lowest BCUT2D eigenvalue weighted by molar-refractivity contribution is 0.0651. The number of carboxylic acids is 1. The molecule has 19 heavy (non-hydrogen) atoms. The normalized spacial score (nSPS) is 16.4. The van der Waals surface area contributed by atoms with Gasteiger partial charge in [-0.2, -0.15) is 0 Å². The molecular weight excluding hydrogens is 246 g/mol. The molecule has 1 aliphatic rings. The number of aliphatic hydroxyl groups excluding tert-OH is 1. The van der Waals surface area contributed by atoms with Crippen LogP contribution in [0.25, 0.3) is 0 Å². The topological polar surface area (TPSA) is 77.8 Å². The molecule has 0 aromatic heterocycles. The van der Waals surface area contributed by atoms with Gasteiger partial charge in [-0.1, -0.05) is 6.07 Å². The number of hydrogen-bond acceptors (Lipinski definition) is 3. The van der Waals surface area contributed by atoms with E-state index in [1.54, 1.807) is 17.0 Å². The first kappa shape index (κ1) is 13.5. The third-order valence-electron chi connectivity index (χ3n) is 3.52. The van der Waals surface area contributed by atoms with E-state index >= 15 is 0 Å². The highest BCUT2D eigenvalue weighted by Crippen LogP contribution is 2.18. The lowest BCUT2D eigenvalue weighted by Gasteiger charge is -2.31. The van der Waals surface area contributed by atoms with Crippen molar-refractivity contribution in [3.8, 4) is 0 Å². The van der Waals surface area contributed by atoms with Gasteiger partial charge in [0.2, 0.25) is 0 Å². The van der Waals surface area contributed by atoms with Gasteiger partial charge in [-0.25, -0.2) is 4.79 Å². The number of benzene rings is 1. The Bertz CT molecular complexity index is 478. The van der Waals surface area contributed by atoms with Gasteiger partial charge in [0.1, 0.15) is 0 Å². The van der Waals surface area contributed by atoms with E-state index in [0.717, 1.165) is 12.8 Å². The van der Waals surface area contributed by atoms with Gasteiger partial charge in [-0.3, -0.25) is 4.79 Å². The number of amides is 1. The van der Waals surface area contributed by atoms with E-state index in [0.29, 0.717) is 18.7 Å². The lowest BCUT2D eigenvalue weighted by Crippen LogP contribution is -2.39. The SMILES string of the molecule is O=C(O)c1cccc(C(=O)N2CCC(CO)CC2)c1. The molecule has 2 rings (SSSR count). The van der Waals surface area contributed by atoms with E-state index in [4.69, 9.17) is 10.2 Å². The lowest BCUT2D eigenvalue weighted by atomic mass is 9.97. The van der Waals surface area contributed by atoms with Crippen molar-refractivity contribution in [3.63, 3.8) is 0 Å². The standard InChI is InChI=1S/C14H17NO4/c16-9-10-4-6-15(7-5-10)13(17)11-2-1-3-12(8-11)14(18)19/h1-3,8,10,16H,4-7,9H2,(H,18,19). The largest absolute Gasteiger partial charge is 0.478 e. The van der Waals surface area contributed by atoms with Crippen molar-refractivity contribution in [3.05, 3.63) is 35.4 Å². The summed E-state index contributed by atoms with van der Waals surface area (Å²) in [6.45, 7) is 1.39. The average molecular weight is 263 g/mol. The molecular formula is C14H17NO4. The van der Waals surface area contributed by atoms with Crippen molar-refractivity contribution < 1.29 is 19.8 Å². The maximum atomic E-state index is 12.2. The zero-order valence-electron chi connectivity index (χ0n) is 10.6. The maximum Gasteiger partial charge on any atom is 0.335 e. The molecule has 102 valence electrons. The molecule has 1 aliphatic heterocycles. The molecule has 0 atom stereocenters. The highest BCUT2D eigenvalue weighted by atomic mass is 16.4. The van der Waals surface area contributed by atoms with Crippen LogP contribution in [0, 0.1) is 5.92 Å². The van der Waals surface area contributed by atoms with Crippen LogP contribution in [0.1, 0.15) is 33.6 Å². The highest BCUT2D eigenvalue weighted by Gasteiger charge is 2.23. The summed E-state index contributed by atoms with van der Waals surface area (Å²) in [4.78, 5) is 24.8. The summed E-state index contributed by atoms with van der Waals surface area (Å²) in [6, 6.07) is 6.09. The maximum absolute atomic E-state index is 12.2. The first-order chi connectivity index (χ1) is 9.11. The number of hydrogen-bond donors (Lipinski definition) is 2. The minimum absolute atomic E-state index is 0.121. The summed E-state index contributed by atoms with van der Waals surface area (Å²) >= 11 is 0. The van der Waals surface area contributed by atoms with Crippen LogP contribution in [0.5, 0.6) is 0 Å². The van der Waals surface area contributed by atoms with Gasteiger partial charge in [0.15, 0.2) is 0 Å². The third-order valence-corrected chi connectivity index (χ3v) is 3.52. The average Bonchev–Trinajstić information content (AvgIpc) is 2.46. The Morgan fingerprint density at radius 3 is 2.42 bits per heavy atom. The first-order valence-corrected chi connectivity index (χ1v) is 6.35. The van der Waals surface area contributed by atoms with Crippen LogP contribution < -0.4 is 0 Å². The molecule has 5 nitrogen and oxygen atoms in total. The van der Waals surface area contributed by atoms with E-state index in [9.17, 15) is 9.59 Å². The number of piperidine rings is 1. The second kappa shape index (κ2) is 5.84. The van der Waals surface area contributed by atoms with Crippen molar-refractivity contribution in [2.24, 2.45) is 5.92 Å². The zero-order valence-corrected chi connectivity index (χ0v) is 10.6. The number of carboxylic acid groups (broad SMARTS) is 1. The molecule has 5 heteroatoms.